The van der Waals surface area contributed by atoms with E-state index in [1.54, 1.807) is 0 Å². The second-order valence-corrected chi connectivity index (χ2v) is 2.27. The summed E-state index contributed by atoms with van der Waals surface area (Å²) in [5.74, 6) is 0. The van der Waals surface area contributed by atoms with Crippen molar-refractivity contribution in [1.82, 2.24) is 6.15 Å². The topological polar surface area (TPSA) is 219 Å². The molecular formula is H3Cl2CoNO8. The predicted octanol–water partition coefficient (Wildman–Crippen LogP) is -9.35. The van der Waals surface area contributed by atoms with Gasteiger partial charge in [-0.05, 0) is 0 Å². The first-order valence-electron chi connectivity index (χ1n) is 1.23. The van der Waals surface area contributed by atoms with Crippen molar-refractivity contribution < 1.29 is 74.5 Å². The van der Waals surface area contributed by atoms with Gasteiger partial charge in [0, 0.05) is 0 Å². The van der Waals surface area contributed by atoms with E-state index in [2.05, 4.69) is 0 Å². The van der Waals surface area contributed by atoms with Crippen molar-refractivity contribution in [1.29, 1.82) is 0 Å². The molecule has 0 unspecified atom stereocenters. The van der Waals surface area contributed by atoms with Crippen LogP contribution in [0.5, 0.6) is 0 Å². The number of hydrogen-bond acceptors (Lipinski definition) is 9. The first-order chi connectivity index (χ1) is 4.00. The van der Waals surface area contributed by atoms with Gasteiger partial charge < -0.3 is 6.15 Å². The van der Waals surface area contributed by atoms with Crippen LogP contribution in [0, 0.1) is 20.5 Å². The van der Waals surface area contributed by atoms with Crippen molar-refractivity contribution in [2.24, 2.45) is 0 Å². The van der Waals surface area contributed by atoms with Gasteiger partial charge in [-0.15, -0.1) is 20.5 Å². The summed E-state index contributed by atoms with van der Waals surface area (Å²) in [6.07, 6.45) is 0. The van der Waals surface area contributed by atoms with Crippen LogP contribution in [-0.2, 0) is 16.8 Å². The molecule has 0 rings (SSSR count). The maximum atomic E-state index is 8.49. The summed E-state index contributed by atoms with van der Waals surface area (Å²) in [5.41, 5.74) is 0. The van der Waals surface area contributed by atoms with Crippen molar-refractivity contribution in [2.75, 3.05) is 0 Å². The molecule has 0 amide bonds. The summed E-state index contributed by atoms with van der Waals surface area (Å²) in [5, 5.41) is 0. The summed E-state index contributed by atoms with van der Waals surface area (Å²) in [6, 6.07) is 0. The van der Waals surface area contributed by atoms with Crippen LogP contribution in [-0.4, -0.2) is 0 Å². The Hall–Kier alpha value is 0.726. The van der Waals surface area contributed by atoms with E-state index >= 15 is 0 Å². The summed E-state index contributed by atoms with van der Waals surface area (Å²) >= 11 is 0. The molecule has 0 aromatic rings. The van der Waals surface area contributed by atoms with E-state index in [1.165, 1.54) is 0 Å². The fraction of sp³-hybridized carbons (Fsp3) is 0. The Morgan fingerprint density at radius 3 is 0.500 bits per heavy atom. The van der Waals surface area contributed by atoms with Gasteiger partial charge in [0.1, 0.15) is 0 Å². The molecule has 0 aliphatic heterocycles. The maximum absolute atomic E-state index is 8.49. The van der Waals surface area contributed by atoms with Gasteiger partial charge in [0.05, 0.1) is 0 Å². The van der Waals surface area contributed by atoms with E-state index < -0.39 is 20.5 Å². The van der Waals surface area contributed by atoms with Crippen LogP contribution in [0.4, 0.5) is 0 Å². The monoisotopic (exact) mass is 274 g/mol. The molecule has 0 atom stereocenters. The Kier molecular flexibility index (Phi) is 16.0. The van der Waals surface area contributed by atoms with Gasteiger partial charge in [0.2, 0.25) is 0 Å². The van der Waals surface area contributed by atoms with Crippen LogP contribution >= 0.6 is 0 Å². The zero-order valence-electron chi connectivity index (χ0n) is 5.06. The molecule has 0 aromatic heterocycles. The molecule has 0 spiro atoms. The second-order valence-electron chi connectivity index (χ2n) is 0.756. The summed E-state index contributed by atoms with van der Waals surface area (Å²) in [7, 11) is -9.89. The molecule has 79 valence electrons. The van der Waals surface area contributed by atoms with E-state index in [-0.39, 0.29) is 22.9 Å². The molecule has 0 heterocycles. The fourth-order valence-corrected chi connectivity index (χ4v) is 0. The normalized spacial score (nSPS) is 10.0. The molecule has 0 saturated carbocycles. The molecular weight excluding hydrogens is 272 g/mol. The third-order valence-corrected chi connectivity index (χ3v) is 0. The number of rotatable bonds is 0. The molecule has 12 heavy (non-hydrogen) atoms. The van der Waals surface area contributed by atoms with Gasteiger partial charge in [-0.25, -0.2) is 37.3 Å². The van der Waals surface area contributed by atoms with E-state index in [9.17, 15) is 0 Å². The summed E-state index contributed by atoms with van der Waals surface area (Å²) in [6.45, 7) is 0. The first kappa shape index (κ1) is 23.0. The first-order valence-corrected chi connectivity index (χ1v) is 3.70. The fourth-order valence-electron chi connectivity index (χ4n) is 0. The van der Waals surface area contributed by atoms with Gasteiger partial charge in [-0.3, -0.25) is 0 Å². The molecule has 0 aliphatic rings. The zero-order valence-corrected chi connectivity index (χ0v) is 7.62. The zero-order chi connectivity index (χ0) is 9.00. The van der Waals surface area contributed by atoms with Crippen LogP contribution in [0.2, 0.25) is 0 Å². The minimum atomic E-state index is -4.94. The third-order valence-electron chi connectivity index (χ3n) is 0. The summed E-state index contributed by atoms with van der Waals surface area (Å²) < 4.78 is 67.9. The van der Waals surface area contributed by atoms with Crippen molar-refractivity contribution in [3.8, 4) is 0 Å². The molecule has 9 nitrogen and oxygen atoms in total. The van der Waals surface area contributed by atoms with Crippen molar-refractivity contribution in [3.63, 3.8) is 0 Å². The van der Waals surface area contributed by atoms with Gasteiger partial charge in [0.15, 0.2) is 0 Å². The largest absolute Gasteiger partial charge is 2.00 e. The van der Waals surface area contributed by atoms with Crippen LogP contribution in [0.25, 0.3) is 0 Å². The average molecular weight is 275 g/mol. The van der Waals surface area contributed by atoms with E-state index in [1.807, 2.05) is 0 Å². The molecule has 0 aliphatic carbocycles. The van der Waals surface area contributed by atoms with E-state index in [0.29, 0.717) is 0 Å². The smallest absolute Gasteiger partial charge is 0.344 e. The average Bonchev–Trinajstić information content (AvgIpc) is 1.12. The Bertz CT molecular complexity index is 60.0. The van der Waals surface area contributed by atoms with Crippen molar-refractivity contribution >= 4 is 0 Å². The molecule has 12 heteroatoms. The standard InChI is InChI=1S/2ClHO4.Co.H3N/c2*2-1(3,4)5;;/h2*(H,2,3,4,5);;1H3/q;;+2;/p-2. The Morgan fingerprint density at radius 1 is 0.500 bits per heavy atom. The van der Waals surface area contributed by atoms with Crippen LogP contribution in [0.15, 0.2) is 0 Å². The Morgan fingerprint density at radius 2 is 0.500 bits per heavy atom. The molecule has 1 radical (unpaired) electrons. The summed E-state index contributed by atoms with van der Waals surface area (Å²) in [4.78, 5) is 0. The van der Waals surface area contributed by atoms with Crippen LogP contribution < -0.4 is 43.4 Å². The van der Waals surface area contributed by atoms with Gasteiger partial charge >= 0.3 is 16.8 Å². The minimum Gasteiger partial charge on any atom is -0.344 e. The maximum Gasteiger partial charge on any atom is 2.00 e. The minimum absolute atomic E-state index is 0. The van der Waals surface area contributed by atoms with Gasteiger partial charge in [0.25, 0.3) is 0 Å². The molecule has 3 N–H and O–H groups in total. The third kappa shape index (κ3) is 1920. The van der Waals surface area contributed by atoms with Crippen molar-refractivity contribution in [2.45, 2.75) is 0 Å². The second kappa shape index (κ2) is 8.33. The van der Waals surface area contributed by atoms with E-state index in [0.717, 1.165) is 0 Å². The molecule has 0 saturated heterocycles. The van der Waals surface area contributed by atoms with Crippen LogP contribution in [0.3, 0.4) is 0 Å². The van der Waals surface area contributed by atoms with E-state index in [4.69, 9.17) is 37.3 Å². The SMILES string of the molecule is N.[Co+2].[O-][Cl+3]([O-])([O-])[O-].[O-][Cl+3]([O-])([O-])[O-]. The quantitative estimate of drug-likeness (QED) is 0.442. The van der Waals surface area contributed by atoms with Crippen molar-refractivity contribution in [3.05, 3.63) is 0 Å². The Balaban J connectivity index is -0.0000000457. The van der Waals surface area contributed by atoms with Gasteiger partial charge in [-0.2, -0.15) is 0 Å². The number of halogens is 2. The van der Waals surface area contributed by atoms with Gasteiger partial charge in [-0.1, -0.05) is 0 Å². The predicted molar refractivity (Wildman–Crippen MR) is 5.02 cm³/mol. The molecule has 0 fully saturated rings. The molecule has 0 bridgehead atoms. The molecule has 0 aromatic carbocycles. The number of hydrogen-bond donors (Lipinski definition) is 1. The van der Waals surface area contributed by atoms with Crippen LogP contribution in [0.1, 0.15) is 0 Å². The Labute approximate surface area is 81.1 Å².